The molecule has 0 unspecified atom stereocenters. The molecule has 1 atom stereocenters. The lowest BCUT2D eigenvalue weighted by atomic mass is 10.2. The monoisotopic (exact) mass is 437 g/mol. The van der Waals surface area contributed by atoms with E-state index in [1.807, 2.05) is 13.0 Å². The Morgan fingerprint density at radius 1 is 1.13 bits per heavy atom. The number of aryl methyl sites for hydroxylation is 1. The first-order chi connectivity index (χ1) is 14.9. The van der Waals surface area contributed by atoms with Gasteiger partial charge in [0.1, 0.15) is 11.8 Å². The lowest BCUT2D eigenvalue weighted by molar-refractivity contribution is -0.124. The number of carbonyl (C=O) groups excluding carboxylic acids is 1. The van der Waals surface area contributed by atoms with Gasteiger partial charge in [0.15, 0.2) is 0 Å². The molecule has 0 spiro atoms. The van der Waals surface area contributed by atoms with Gasteiger partial charge in [-0.25, -0.2) is 9.36 Å². The van der Waals surface area contributed by atoms with Crippen LogP contribution >= 0.6 is 11.6 Å². The number of furan rings is 1. The molecule has 158 valence electrons. The molecule has 4 aromatic rings. The molecular weight excluding hydrogens is 418 g/mol. The van der Waals surface area contributed by atoms with Crippen molar-refractivity contribution in [3.05, 3.63) is 98.0 Å². The van der Waals surface area contributed by atoms with Crippen LogP contribution in [0.25, 0.3) is 16.6 Å². The van der Waals surface area contributed by atoms with Crippen LogP contribution in [-0.4, -0.2) is 15.0 Å². The van der Waals surface area contributed by atoms with Crippen LogP contribution in [0.4, 0.5) is 0 Å². The number of amides is 1. The molecule has 0 aliphatic heterocycles. The van der Waals surface area contributed by atoms with Crippen LogP contribution < -0.4 is 16.6 Å². The summed E-state index contributed by atoms with van der Waals surface area (Å²) in [4.78, 5) is 39.6. The summed E-state index contributed by atoms with van der Waals surface area (Å²) in [5.41, 5.74) is 0.541. The molecule has 0 saturated heterocycles. The first kappa shape index (κ1) is 20.7. The summed E-state index contributed by atoms with van der Waals surface area (Å²) in [6.45, 7) is 3.66. The molecule has 0 radical (unpaired) electrons. The van der Waals surface area contributed by atoms with Crippen molar-refractivity contribution in [2.24, 2.45) is 0 Å². The number of nitrogens with one attached hydrogen (secondary N) is 1. The van der Waals surface area contributed by atoms with Crippen LogP contribution in [0.3, 0.4) is 0 Å². The predicted octanol–water partition coefficient (Wildman–Crippen LogP) is 3.58. The van der Waals surface area contributed by atoms with Gasteiger partial charge in [-0.2, -0.15) is 0 Å². The fourth-order valence-electron chi connectivity index (χ4n) is 3.52. The highest BCUT2D eigenvalue weighted by atomic mass is 35.5. The van der Waals surface area contributed by atoms with E-state index in [2.05, 4.69) is 5.32 Å². The number of rotatable bonds is 5. The van der Waals surface area contributed by atoms with E-state index in [9.17, 15) is 14.4 Å². The van der Waals surface area contributed by atoms with Gasteiger partial charge in [0.25, 0.3) is 5.56 Å². The Hall–Kier alpha value is -3.58. The Balaban J connectivity index is 1.88. The third-order valence-corrected chi connectivity index (χ3v) is 5.33. The van der Waals surface area contributed by atoms with Gasteiger partial charge in [-0.05, 0) is 61.9 Å². The number of hydrogen-bond donors (Lipinski definition) is 1. The highest BCUT2D eigenvalue weighted by Gasteiger charge is 2.23. The van der Waals surface area contributed by atoms with Crippen molar-refractivity contribution in [3.8, 4) is 5.69 Å². The largest absolute Gasteiger partial charge is 0.467 e. The van der Waals surface area contributed by atoms with Gasteiger partial charge in [-0.1, -0.05) is 23.7 Å². The molecule has 2 aromatic carbocycles. The van der Waals surface area contributed by atoms with Crippen LogP contribution in [0, 0.1) is 6.92 Å². The number of halogens is 1. The quantitative estimate of drug-likeness (QED) is 0.517. The summed E-state index contributed by atoms with van der Waals surface area (Å²) in [7, 11) is 0. The Bertz CT molecular complexity index is 1390. The van der Waals surface area contributed by atoms with E-state index in [4.69, 9.17) is 16.0 Å². The number of carbonyl (C=O) groups is 1. The Kier molecular flexibility index (Phi) is 5.52. The van der Waals surface area contributed by atoms with Crippen molar-refractivity contribution in [2.75, 3.05) is 0 Å². The van der Waals surface area contributed by atoms with E-state index >= 15 is 0 Å². The molecule has 1 amide bonds. The highest BCUT2D eigenvalue weighted by molar-refractivity contribution is 6.31. The van der Waals surface area contributed by atoms with Crippen molar-refractivity contribution < 1.29 is 9.21 Å². The van der Waals surface area contributed by atoms with Crippen molar-refractivity contribution in [1.29, 1.82) is 0 Å². The normalized spacial score (nSPS) is 12.1. The summed E-state index contributed by atoms with van der Waals surface area (Å²) in [5, 5.41) is 3.41. The average Bonchev–Trinajstić information content (AvgIpc) is 3.25. The van der Waals surface area contributed by atoms with Crippen LogP contribution in [0.1, 0.15) is 24.3 Å². The molecule has 7 nitrogen and oxygen atoms in total. The summed E-state index contributed by atoms with van der Waals surface area (Å²) >= 11 is 6.15. The van der Waals surface area contributed by atoms with E-state index in [1.165, 1.54) is 16.9 Å². The van der Waals surface area contributed by atoms with Gasteiger partial charge in [0.2, 0.25) is 5.91 Å². The Morgan fingerprint density at radius 3 is 2.65 bits per heavy atom. The van der Waals surface area contributed by atoms with Crippen molar-refractivity contribution >= 4 is 28.4 Å². The molecule has 2 heterocycles. The number of benzene rings is 2. The molecule has 0 aliphatic carbocycles. The summed E-state index contributed by atoms with van der Waals surface area (Å²) in [6.07, 6.45) is 1.52. The van der Waals surface area contributed by atoms with Gasteiger partial charge >= 0.3 is 5.69 Å². The van der Waals surface area contributed by atoms with Crippen LogP contribution in [0.15, 0.2) is 74.9 Å². The molecule has 1 N–H and O–H groups in total. The van der Waals surface area contributed by atoms with Crippen molar-refractivity contribution in [1.82, 2.24) is 14.5 Å². The van der Waals surface area contributed by atoms with Crippen molar-refractivity contribution in [3.63, 3.8) is 0 Å². The minimum absolute atomic E-state index is 0.182. The molecule has 0 fully saturated rings. The van der Waals surface area contributed by atoms with Crippen LogP contribution in [0.5, 0.6) is 0 Å². The van der Waals surface area contributed by atoms with E-state index in [0.717, 1.165) is 10.1 Å². The second-order valence-corrected chi connectivity index (χ2v) is 7.70. The first-order valence-corrected chi connectivity index (χ1v) is 10.1. The minimum atomic E-state index is -0.903. The van der Waals surface area contributed by atoms with E-state index in [-0.39, 0.29) is 11.9 Å². The number of fused-ring (bicyclic) bond motifs is 1. The predicted molar refractivity (Wildman–Crippen MR) is 119 cm³/mol. The summed E-state index contributed by atoms with van der Waals surface area (Å²) < 4.78 is 7.61. The maximum Gasteiger partial charge on any atom is 0.336 e. The Labute approximate surface area is 182 Å². The molecule has 31 heavy (non-hydrogen) atoms. The lowest BCUT2D eigenvalue weighted by Crippen LogP contribution is -2.43. The maximum atomic E-state index is 13.5. The number of hydrogen-bond acceptors (Lipinski definition) is 4. The van der Waals surface area contributed by atoms with Crippen molar-refractivity contribution in [2.45, 2.75) is 26.4 Å². The first-order valence-electron chi connectivity index (χ1n) is 9.71. The van der Waals surface area contributed by atoms with Gasteiger partial charge in [0.05, 0.1) is 29.4 Å². The average molecular weight is 438 g/mol. The van der Waals surface area contributed by atoms with Gasteiger partial charge in [0, 0.05) is 5.02 Å². The standard InChI is InChI=1S/C23H20ClN3O4/c1-14-5-3-6-17(11-14)27-22(29)19-9-8-16(24)12-20(19)26(23(27)30)15(2)21(28)25-13-18-7-4-10-31-18/h3-12,15H,13H2,1-2H3,(H,25,28)/t15-/m0/s1. The third-order valence-electron chi connectivity index (χ3n) is 5.09. The Morgan fingerprint density at radius 2 is 1.94 bits per heavy atom. The fourth-order valence-corrected chi connectivity index (χ4v) is 3.69. The third kappa shape index (κ3) is 3.92. The zero-order valence-corrected chi connectivity index (χ0v) is 17.7. The summed E-state index contributed by atoms with van der Waals surface area (Å²) in [5.74, 6) is 0.194. The van der Waals surface area contributed by atoms with Crippen LogP contribution in [-0.2, 0) is 11.3 Å². The fraction of sp³-hybridized carbons (Fsp3) is 0.174. The molecule has 0 aliphatic rings. The molecule has 0 bridgehead atoms. The second-order valence-electron chi connectivity index (χ2n) is 7.27. The van der Waals surface area contributed by atoms with Gasteiger partial charge in [-0.3, -0.25) is 14.2 Å². The molecule has 4 rings (SSSR count). The lowest BCUT2D eigenvalue weighted by Gasteiger charge is -2.19. The van der Waals surface area contributed by atoms with E-state index in [0.29, 0.717) is 22.0 Å². The molecule has 2 aromatic heterocycles. The van der Waals surface area contributed by atoms with E-state index < -0.39 is 23.2 Å². The highest BCUT2D eigenvalue weighted by Crippen LogP contribution is 2.20. The zero-order valence-electron chi connectivity index (χ0n) is 17.0. The molecule has 8 heteroatoms. The summed E-state index contributed by atoms with van der Waals surface area (Å²) in [6, 6.07) is 14.3. The minimum Gasteiger partial charge on any atom is -0.467 e. The second kappa shape index (κ2) is 8.28. The maximum absolute atomic E-state index is 13.5. The van der Waals surface area contributed by atoms with E-state index in [1.54, 1.807) is 49.4 Å². The van der Waals surface area contributed by atoms with Gasteiger partial charge in [-0.15, -0.1) is 0 Å². The van der Waals surface area contributed by atoms with Gasteiger partial charge < -0.3 is 9.73 Å². The number of nitrogens with zero attached hydrogens (tertiary/aromatic N) is 2. The smallest absolute Gasteiger partial charge is 0.336 e. The topological polar surface area (TPSA) is 86.2 Å². The SMILES string of the molecule is Cc1cccc(-n2c(=O)c3ccc(Cl)cc3n([C@@H](C)C(=O)NCc3ccco3)c2=O)c1. The van der Waals surface area contributed by atoms with Crippen LogP contribution in [0.2, 0.25) is 5.02 Å². The molecular formula is C23H20ClN3O4. The number of aromatic nitrogens is 2. The zero-order chi connectivity index (χ0) is 22.1. The molecule has 0 saturated carbocycles.